The lowest BCUT2D eigenvalue weighted by Gasteiger charge is -2.32. The van der Waals surface area contributed by atoms with Gasteiger partial charge in [0.15, 0.2) is 0 Å². The van der Waals surface area contributed by atoms with Crippen LogP contribution in [0.5, 0.6) is 0 Å². The van der Waals surface area contributed by atoms with Gasteiger partial charge in [-0.2, -0.15) is 0 Å². The Morgan fingerprint density at radius 3 is 2.84 bits per heavy atom. The van der Waals surface area contributed by atoms with Gasteiger partial charge in [-0.25, -0.2) is 9.78 Å². The summed E-state index contributed by atoms with van der Waals surface area (Å²) in [6, 6.07) is 1.54. The lowest BCUT2D eigenvalue weighted by Crippen LogP contribution is -2.35. The fourth-order valence-electron chi connectivity index (χ4n) is 2.33. The number of aromatic carboxylic acids is 1. The highest BCUT2D eigenvalue weighted by Crippen LogP contribution is 2.25. The van der Waals surface area contributed by atoms with Gasteiger partial charge in [-0.05, 0) is 24.8 Å². The van der Waals surface area contributed by atoms with Crippen molar-refractivity contribution in [3.63, 3.8) is 0 Å². The summed E-state index contributed by atoms with van der Waals surface area (Å²) >= 11 is 5.82. The minimum absolute atomic E-state index is 0.102. The number of anilines is 1. The first-order chi connectivity index (χ1) is 9.11. The molecule has 1 N–H and O–H groups in total. The number of carboxylic acid groups (broad SMARTS) is 1. The number of halogens is 1. The number of hydrogen-bond acceptors (Lipinski definition) is 4. The van der Waals surface area contributed by atoms with E-state index in [1.54, 1.807) is 13.2 Å². The lowest BCUT2D eigenvalue weighted by molar-refractivity contribution is 0.0697. The normalized spacial score (nSPS) is 16.6. The zero-order chi connectivity index (χ0) is 13.8. The van der Waals surface area contributed by atoms with E-state index in [0.717, 1.165) is 32.5 Å². The second-order valence-electron chi connectivity index (χ2n) is 4.71. The number of pyridine rings is 1. The number of ether oxygens (including phenoxy) is 1. The monoisotopic (exact) mass is 284 g/mol. The van der Waals surface area contributed by atoms with Crippen LogP contribution in [0.3, 0.4) is 0 Å². The number of rotatable bonds is 4. The summed E-state index contributed by atoms with van der Waals surface area (Å²) in [5.74, 6) is 0.230. The lowest BCUT2D eigenvalue weighted by atomic mass is 9.98. The summed E-state index contributed by atoms with van der Waals surface area (Å²) in [6.07, 6.45) is 3.46. The molecular weight excluding hydrogens is 268 g/mol. The van der Waals surface area contributed by atoms with Gasteiger partial charge in [0.1, 0.15) is 5.82 Å². The van der Waals surface area contributed by atoms with Gasteiger partial charge in [0.05, 0.1) is 10.6 Å². The van der Waals surface area contributed by atoms with E-state index in [0.29, 0.717) is 11.7 Å². The summed E-state index contributed by atoms with van der Waals surface area (Å²) in [6.45, 7) is 2.51. The Kier molecular flexibility index (Phi) is 4.61. The van der Waals surface area contributed by atoms with Crippen molar-refractivity contribution < 1.29 is 14.6 Å². The van der Waals surface area contributed by atoms with Gasteiger partial charge >= 0.3 is 5.97 Å². The largest absolute Gasteiger partial charge is 0.478 e. The average molecular weight is 285 g/mol. The first-order valence-electron chi connectivity index (χ1n) is 6.24. The standard InChI is InChI=1S/C13H17ClN2O3/c1-19-8-9-2-4-16(5-3-9)12-6-10(13(17)18)11(14)7-15-12/h6-7,9H,2-5,8H2,1H3,(H,17,18). The smallest absolute Gasteiger partial charge is 0.337 e. The molecule has 1 aliphatic rings. The molecule has 1 aliphatic heterocycles. The van der Waals surface area contributed by atoms with E-state index in [-0.39, 0.29) is 10.6 Å². The molecule has 2 heterocycles. The minimum Gasteiger partial charge on any atom is -0.478 e. The van der Waals surface area contributed by atoms with Gasteiger partial charge in [0.25, 0.3) is 0 Å². The minimum atomic E-state index is -1.03. The van der Waals surface area contributed by atoms with E-state index in [9.17, 15) is 4.79 Å². The Bertz CT molecular complexity index is 459. The van der Waals surface area contributed by atoms with Crippen LogP contribution in [0.25, 0.3) is 0 Å². The van der Waals surface area contributed by atoms with Crippen LogP contribution in [-0.4, -0.2) is 42.9 Å². The summed E-state index contributed by atoms with van der Waals surface area (Å²) in [5, 5.41) is 9.22. The molecule has 0 atom stereocenters. The van der Waals surface area contributed by atoms with Crippen molar-refractivity contribution in [2.24, 2.45) is 5.92 Å². The van der Waals surface area contributed by atoms with Crippen molar-refractivity contribution in [3.8, 4) is 0 Å². The fraction of sp³-hybridized carbons (Fsp3) is 0.538. The van der Waals surface area contributed by atoms with Crippen LogP contribution in [0.15, 0.2) is 12.3 Å². The molecule has 0 saturated carbocycles. The zero-order valence-electron chi connectivity index (χ0n) is 10.8. The van der Waals surface area contributed by atoms with E-state index in [1.807, 2.05) is 0 Å². The molecule has 19 heavy (non-hydrogen) atoms. The molecule has 0 bridgehead atoms. The third-order valence-corrected chi connectivity index (χ3v) is 3.71. The van der Waals surface area contributed by atoms with Crippen LogP contribution in [0.1, 0.15) is 23.2 Å². The Morgan fingerprint density at radius 2 is 2.26 bits per heavy atom. The van der Waals surface area contributed by atoms with Crippen LogP contribution in [0, 0.1) is 5.92 Å². The number of nitrogens with zero attached hydrogens (tertiary/aromatic N) is 2. The second kappa shape index (κ2) is 6.21. The molecule has 1 saturated heterocycles. The molecule has 104 valence electrons. The molecule has 0 aromatic carbocycles. The number of hydrogen-bond donors (Lipinski definition) is 1. The first kappa shape index (κ1) is 14.1. The molecule has 6 heteroatoms. The molecular formula is C13H17ClN2O3. The van der Waals surface area contributed by atoms with E-state index in [1.165, 1.54) is 6.20 Å². The maximum atomic E-state index is 11.0. The van der Waals surface area contributed by atoms with Crippen LogP contribution >= 0.6 is 11.6 Å². The van der Waals surface area contributed by atoms with Crippen molar-refractivity contribution in [1.82, 2.24) is 4.98 Å². The summed E-state index contributed by atoms with van der Waals surface area (Å²) in [7, 11) is 1.71. The highest BCUT2D eigenvalue weighted by atomic mass is 35.5. The topological polar surface area (TPSA) is 62.7 Å². The van der Waals surface area contributed by atoms with Crippen LogP contribution in [0.2, 0.25) is 5.02 Å². The van der Waals surface area contributed by atoms with Crippen LogP contribution in [-0.2, 0) is 4.74 Å². The van der Waals surface area contributed by atoms with Gasteiger partial charge in [-0.3, -0.25) is 0 Å². The number of carboxylic acids is 1. The number of aromatic nitrogens is 1. The first-order valence-corrected chi connectivity index (χ1v) is 6.62. The van der Waals surface area contributed by atoms with Crippen LogP contribution < -0.4 is 4.90 Å². The van der Waals surface area contributed by atoms with Crippen molar-refractivity contribution in [3.05, 3.63) is 22.8 Å². The molecule has 0 radical (unpaired) electrons. The van der Waals surface area contributed by atoms with Gasteiger partial charge in [-0.1, -0.05) is 11.6 Å². The van der Waals surface area contributed by atoms with Crippen molar-refractivity contribution >= 4 is 23.4 Å². The van der Waals surface area contributed by atoms with Crippen molar-refractivity contribution in [1.29, 1.82) is 0 Å². The van der Waals surface area contributed by atoms with Crippen LogP contribution in [0.4, 0.5) is 5.82 Å². The molecule has 0 unspecified atom stereocenters. The Hall–Kier alpha value is -1.33. The van der Waals surface area contributed by atoms with E-state index < -0.39 is 5.97 Å². The third kappa shape index (κ3) is 3.36. The highest BCUT2D eigenvalue weighted by molar-refractivity contribution is 6.33. The number of piperidine rings is 1. The molecule has 0 spiro atoms. The van der Waals surface area contributed by atoms with E-state index >= 15 is 0 Å². The molecule has 0 amide bonds. The van der Waals surface area contributed by atoms with Gasteiger partial charge in [0, 0.05) is 33.0 Å². The summed E-state index contributed by atoms with van der Waals surface area (Å²) in [4.78, 5) is 17.4. The predicted molar refractivity (Wildman–Crippen MR) is 73.0 cm³/mol. The molecule has 5 nitrogen and oxygen atoms in total. The maximum absolute atomic E-state index is 11.0. The SMILES string of the molecule is COCC1CCN(c2cc(C(=O)O)c(Cl)cn2)CC1. The number of carbonyl (C=O) groups is 1. The zero-order valence-corrected chi connectivity index (χ0v) is 11.6. The molecule has 1 aromatic heterocycles. The van der Waals surface area contributed by atoms with Gasteiger partial charge in [0.2, 0.25) is 0 Å². The van der Waals surface area contributed by atoms with E-state index in [2.05, 4.69) is 9.88 Å². The Labute approximate surface area is 117 Å². The van der Waals surface area contributed by atoms with Crippen molar-refractivity contribution in [2.45, 2.75) is 12.8 Å². The second-order valence-corrected chi connectivity index (χ2v) is 5.12. The van der Waals surface area contributed by atoms with E-state index in [4.69, 9.17) is 21.4 Å². The number of methoxy groups -OCH3 is 1. The molecule has 1 aromatic rings. The van der Waals surface area contributed by atoms with Crippen molar-refractivity contribution in [2.75, 3.05) is 31.7 Å². The Morgan fingerprint density at radius 1 is 1.58 bits per heavy atom. The predicted octanol–water partition coefficient (Wildman–Crippen LogP) is 2.30. The van der Waals surface area contributed by atoms with Gasteiger partial charge < -0.3 is 14.7 Å². The maximum Gasteiger partial charge on any atom is 0.337 e. The third-order valence-electron chi connectivity index (χ3n) is 3.41. The fourth-order valence-corrected chi connectivity index (χ4v) is 2.51. The molecule has 0 aliphatic carbocycles. The molecule has 1 fully saturated rings. The average Bonchev–Trinajstić information content (AvgIpc) is 2.40. The summed E-state index contributed by atoms with van der Waals surface area (Å²) < 4.78 is 5.16. The Balaban J connectivity index is 2.07. The van der Waals surface area contributed by atoms with Gasteiger partial charge in [-0.15, -0.1) is 0 Å². The summed E-state index contributed by atoms with van der Waals surface area (Å²) in [5.41, 5.74) is 0.102. The molecule has 2 rings (SSSR count). The quantitative estimate of drug-likeness (QED) is 0.919. The highest BCUT2D eigenvalue weighted by Gasteiger charge is 2.21.